The Morgan fingerprint density at radius 2 is 2.00 bits per heavy atom. The minimum Gasteiger partial charge on any atom is -0.358 e. The summed E-state index contributed by atoms with van der Waals surface area (Å²) in [5.41, 5.74) is 0.927. The molecular weight excluding hydrogens is 242 g/mol. The van der Waals surface area contributed by atoms with E-state index in [0.717, 1.165) is 5.56 Å². The quantitative estimate of drug-likeness (QED) is 0.840. The summed E-state index contributed by atoms with van der Waals surface area (Å²) >= 11 is 0. The van der Waals surface area contributed by atoms with Crippen molar-refractivity contribution in [1.29, 1.82) is 5.26 Å². The van der Waals surface area contributed by atoms with E-state index in [1.54, 1.807) is 0 Å². The highest BCUT2D eigenvalue weighted by atomic mass is 16.2. The van der Waals surface area contributed by atoms with Crippen LogP contribution in [0.3, 0.4) is 0 Å². The number of amides is 2. The summed E-state index contributed by atoms with van der Waals surface area (Å²) in [6, 6.07) is 11.3. The Morgan fingerprint density at radius 3 is 2.53 bits per heavy atom. The van der Waals surface area contributed by atoms with E-state index in [9.17, 15) is 9.59 Å². The fourth-order valence-electron chi connectivity index (χ4n) is 1.68. The lowest BCUT2D eigenvalue weighted by Gasteiger charge is -2.19. The number of carbonyl (C=O) groups excluding carboxylic acids is 2. The van der Waals surface area contributed by atoms with Crippen LogP contribution in [-0.4, -0.2) is 37.4 Å². The number of benzene rings is 1. The average Bonchev–Trinajstić information content (AvgIpc) is 2.44. The van der Waals surface area contributed by atoms with E-state index >= 15 is 0 Å². The second kappa shape index (κ2) is 7.17. The fourth-order valence-corrected chi connectivity index (χ4v) is 1.68. The molecule has 0 aliphatic carbocycles. The molecule has 0 fully saturated rings. The van der Waals surface area contributed by atoms with Gasteiger partial charge in [-0.1, -0.05) is 30.3 Å². The third-order valence-corrected chi connectivity index (χ3v) is 2.77. The van der Waals surface area contributed by atoms with E-state index < -0.39 is 5.92 Å². The van der Waals surface area contributed by atoms with Crippen LogP contribution in [0.1, 0.15) is 5.56 Å². The third-order valence-electron chi connectivity index (χ3n) is 2.77. The van der Waals surface area contributed by atoms with Gasteiger partial charge in [-0.15, -0.1) is 0 Å². The van der Waals surface area contributed by atoms with Crippen LogP contribution in [0.25, 0.3) is 0 Å². The molecule has 0 aromatic heterocycles. The smallest absolute Gasteiger partial charge is 0.240 e. The molecule has 2 amide bonds. The van der Waals surface area contributed by atoms with Crippen LogP contribution in [-0.2, 0) is 16.0 Å². The first-order valence-corrected chi connectivity index (χ1v) is 5.97. The van der Waals surface area contributed by atoms with Crippen molar-refractivity contribution in [1.82, 2.24) is 10.2 Å². The zero-order valence-electron chi connectivity index (χ0n) is 11.1. The Balaban J connectivity index is 2.67. The summed E-state index contributed by atoms with van der Waals surface area (Å²) in [6.07, 6.45) is 0.355. The van der Waals surface area contributed by atoms with Crippen molar-refractivity contribution in [2.45, 2.75) is 6.42 Å². The molecule has 1 atom stereocenters. The van der Waals surface area contributed by atoms with Crippen LogP contribution in [0.5, 0.6) is 0 Å². The average molecular weight is 259 g/mol. The van der Waals surface area contributed by atoms with Gasteiger partial charge in [-0.25, -0.2) is 0 Å². The molecule has 0 saturated carbocycles. The summed E-state index contributed by atoms with van der Waals surface area (Å²) in [7, 11) is 3.03. The van der Waals surface area contributed by atoms with Gasteiger partial charge in [0.2, 0.25) is 11.8 Å². The van der Waals surface area contributed by atoms with Crippen molar-refractivity contribution in [3.8, 4) is 6.07 Å². The zero-order valence-corrected chi connectivity index (χ0v) is 11.1. The highest BCUT2D eigenvalue weighted by Crippen LogP contribution is 2.10. The number of hydrogen-bond donors (Lipinski definition) is 1. The van der Waals surface area contributed by atoms with Gasteiger partial charge in [0.15, 0.2) is 0 Å². The van der Waals surface area contributed by atoms with Crippen LogP contribution in [0.2, 0.25) is 0 Å². The lowest BCUT2D eigenvalue weighted by molar-refractivity contribution is -0.136. The molecule has 100 valence electrons. The van der Waals surface area contributed by atoms with Gasteiger partial charge in [-0.3, -0.25) is 9.59 Å². The molecule has 19 heavy (non-hydrogen) atoms. The maximum absolute atomic E-state index is 12.1. The number of carbonyl (C=O) groups is 2. The van der Waals surface area contributed by atoms with Crippen molar-refractivity contribution in [3.63, 3.8) is 0 Å². The molecule has 0 aliphatic rings. The van der Waals surface area contributed by atoms with Crippen LogP contribution < -0.4 is 5.32 Å². The Kier molecular flexibility index (Phi) is 5.55. The number of likely N-dealkylation sites (N-methyl/N-ethyl adjacent to an activating group) is 2. The van der Waals surface area contributed by atoms with Crippen molar-refractivity contribution in [3.05, 3.63) is 35.9 Å². The maximum atomic E-state index is 12.1. The highest BCUT2D eigenvalue weighted by molar-refractivity contribution is 5.86. The first-order chi connectivity index (χ1) is 9.08. The Bertz CT molecular complexity index is 479. The number of hydrogen-bond acceptors (Lipinski definition) is 3. The van der Waals surface area contributed by atoms with Gasteiger partial charge < -0.3 is 10.2 Å². The summed E-state index contributed by atoms with van der Waals surface area (Å²) in [4.78, 5) is 24.5. The lowest BCUT2D eigenvalue weighted by atomic mass is 9.99. The molecule has 1 N–H and O–H groups in total. The summed E-state index contributed by atoms with van der Waals surface area (Å²) in [6.45, 7) is -0.0394. The summed E-state index contributed by atoms with van der Waals surface area (Å²) in [5.74, 6) is -1.36. The molecule has 1 aromatic rings. The van der Waals surface area contributed by atoms with Gasteiger partial charge in [0, 0.05) is 14.1 Å². The molecule has 1 rings (SSSR count). The minimum atomic E-state index is -0.767. The van der Waals surface area contributed by atoms with Gasteiger partial charge in [0.25, 0.3) is 0 Å². The SMILES string of the molecule is CNC(=O)CN(C)C(=O)C(C#N)Cc1ccccc1. The third kappa shape index (κ3) is 4.43. The molecule has 0 aliphatic heterocycles. The van der Waals surface area contributed by atoms with Crippen LogP contribution in [0.4, 0.5) is 0 Å². The highest BCUT2D eigenvalue weighted by Gasteiger charge is 2.23. The topological polar surface area (TPSA) is 73.2 Å². The Morgan fingerprint density at radius 1 is 1.37 bits per heavy atom. The van der Waals surface area contributed by atoms with E-state index in [0.29, 0.717) is 6.42 Å². The van der Waals surface area contributed by atoms with E-state index in [2.05, 4.69) is 5.32 Å². The largest absolute Gasteiger partial charge is 0.358 e. The van der Waals surface area contributed by atoms with Gasteiger partial charge in [0.1, 0.15) is 5.92 Å². The van der Waals surface area contributed by atoms with Crippen molar-refractivity contribution < 1.29 is 9.59 Å². The van der Waals surface area contributed by atoms with E-state index in [-0.39, 0.29) is 18.4 Å². The second-order valence-electron chi connectivity index (χ2n) is 4.24. The molecule has 0 radical (unpaired) electrons. The lowest BCUT2D eigenvalue weighted by Crippen LogP contribution is -2.40. The van der Waals surface area contributed by atoms with Crippen molar-refractivity contribution in [2.75, 3.05) is 20.6 Å². The van der Waals surface area contributed by atoms with E-state index in [4.69, 9.17) is 5.26 Å². The molecule has 1 unspecified atom stereocenters. The predicted molar refractivity (Wildman–Crippen MR) is 71.0 cm³/mol. The molecule has 5 nitrogen and oxygen atoms in total. The summed E-state index contributed by atoms with van der Waals surface area (Å²) in [5, 5.41) is 11.5. The predicted octanol–water partition coefficient (Wildman–Crippen LogP) is 0.573. The summed E-state index contributed by atoms with van der Waals surface area (Å²) < 4.78 is 0. The number of nitrogens with one attached hydrogen (secondary N) is 1. The molecule has 1 aromatic carbocycles. The first kappa shape index (κ1) is 14.7. The maximum Gasteiger partial charge on any atom is 0.240 e. The Hall–Kier alpha value is -2.35. The first-order valence-electron chi connectivity index (χ1n) is 5.97. The molecule has 0 saturated heterocycles. The van der Waals surface area contributed by atoms with Gasteiger partial charge in [-0.2, -0.15) is 5.26 Å². The fraction of sp³-hybridized carbons (Fsp3) is 0.357. The van der Waals surface area contributed by atoms with Gasteiger partial charge in [-0.05, 0) is 12.0 Å². The standard InChI is InChI=1S/C14H17N3O2/c1-16-13(18)10-17(2)14(19)12(9-15)8-11-6-4-3-5-7-11/h3-7,12H,8,10H2,1-2H3,(H,16,18). The second-order valence-corrected chi connectivity index (χ2v) is 4.24. The van der Waals surface area contributed by atoms with E-state index in [1.165, 1.54) is 19.0 Å². The number of nitriles is 1. The zero-order chi connectivity index (χ0) is 14.3. The molecule has 0 spiro atoms. The molecule has 0 heterocycles. The molecular formula is C14H17N3O2. The van der Waals surface area contributed by atoms with Gasteiger partial charge in [0.05, 0.1) is 12.6 Å². The van der Waals surface area contributed by atoms with Crippen molar-refractivity contribution >= 4 is 11.8 Å². The monoisotopic (exact) mass is 259 g/mol. The molecule has 5 heteroatoms. The van der Waals surface area contributed by atoms with Gasteiger partial charge >= 0.3 is 0 Å². The Labute approximate surface area is 112 Å². The van der Waals surface area contributed by atoms with Crippen LogP contribution >= 0.6 is 0 Å². The molecule has 0 bridgehead atoms. The minimum absolute atomic E-state index is 0.0394. The normalized spacial score (nSPS) is 11.2. The number of rotatable bonds is 5. The van der Waals surface area contributed by atoms with Crippen LogP contribution in [0.15, 0.2) is 30.3 Å². The van der Waals surface area contributed by atoms with Crippen molar-refractivity contribution in [2.24, 2.45) is 5.92 Å². The van der Waals surface area contributed by atoms with Crippen LogP contribution in [0, 0.1) is 17.2 Å². The number of nitrogens with zero attached hydrogens (tertiary/aromatic N) is 2. The van der Waals surface area contributed by atoms with E-state index in [1.807, 2.05) is 36.4 Å².